The molecular weight excluding hydrogens is 388 g/mol. The predicted molar refractivity (Wildman–Crippen MR) is 117 cm³/mol. The summed E-state index contributed by atoms with van der Waals surface area (Å²) in [5.41, 5.74) is 1.22. The third-order valence-electron chi connectivity index (χ3n) is 8.35. The molecule has 4 atom stereocenters. The highest BCUT2D eigenvalue weighted by Crippen LogP contribution is 2.67. The van der Waals surface area contributed by atoms with Gasteiger partial charge in [0.25, 0.3) is 0 Å². The minimum absolute atomic E-state index is 0.0298. The number of piperidine rings is 1. The molecule has 6 heterocycles. The zero-order chi connectivity index (χ0) is 21.0. The van der Waals surface area contributed by atoms with Crippen LogP contribution < -0.4 is 0 Å². The first kappa shape index (κ1) is 19.4. The Morgan fingerprint density at radius 1 is 0.968 bits per heavy atom. The summed E-state index contributed by atoms with van der Waals surface area (Å²) in [5, 5.41) is 0. The number of furan rings is 1. The SMILES string of the molecule is O=C1CCC/C=C/CCc2cc3c(o2)[C@H]2N4C(=O)CCC/C=C\[C@@H]4C[C@]24CN1CC[C@H]34. The van der Waals surface area contributed by atoms with Gasteiger partial charge < -0.3 is 14.2 Å². The van der Waals surface area contributed by atoms with Gasteiger partial charge in [0, 0.05) is 37.8 Å². The molecule has 1 aromatic heterocycles. The molecule has 5 aliphatic heterocycles. The van der Waals surface area contributed by atoms with E-state index in [1.165, 1.54) is 5.56 Å². The quantitative estimate of drug-likeness (QED) is 0.574. The van der Waals surface area contributed by atoms with E-state index in [2.05, 4.69) is 40.2 Å². The lowest BCUT2D eigenvalue weighted by molar-refractivity contribution is -0.138. The van der Waals surface area contributed by atoms with Crippen molar-refractivity contribution >= 4 is 11.8 Å². The number of carbonyl (C=O) groups excluding carboxylic acids is 2. The fourth-order valence-electron chi connectivity index (χ4n) is 7.05. The Kier molecular flexibility index (Phi) is 4.62. The van der Waals surface area contributed by atoms with Crippen molar-refractivity contribution < 1.29 is 14.0 Å². The standard InChI is InChI=1S/C26H32N2O3/c29-22-11-7-3-1-2-6-10-19-15-20-21-13-14-27(22)17-26(21)16-18-9-5-4-8-12-23(30)28(18)25(26)24(20)31-19/h1-2,5,9,15,18,21,25H,3-4,6-8,10-14,16-17H2/b2-1+,9-5-/t18-,21-,25-,26-/m1/s1. The molecule has 0 saturated carbocycles. The second kappa shape index (κ2) is 7.39. The summed E-state index contributed by atoms with van der Waals surface area (Å²) < 4.78 is 6.53. The normalized spacial score (nSPS) is 37.1. The van der Waals surface area contributed by atoms with E-state index in [1.54, 1.807) is 0 Å². The summed E-state index contributed by atoms with van der Waals surface area (Å²) in [6.45, 7) is 1.58. The molecule has 0 radical (unpaired) electrons. The number of carbonyl (C=O) groups is 2. The highest BCUT2D eigenvalue weighted by molar-refractivity contribution is 5.79. The van der Waals surface area contributed by atoms with Gasteiger partial charge in [-0.05, 0) is 62.5 Å². The Balaban J connectivity index is 1.47. The van der Waals surface area contributed by atoms with Crippen molar-refractivity contribution in [3.05, 3.63) is 47.5 Å². The van der Waals surface area contributed by atoms with Crippen LogP contribution in [0, 0.1) is 5.41 Å². The largest absolute Gasteiger partial charge is 0.464 e. The summed E-state index contributed by atoms with van der Waals surface area (Å²) in [6.07, 6.45) is 17.7. The molecule has 0 aromatic carbocycles. The Morgan fingerprint density at radius 3 is 2.68 bits per heavy atom. The monoisotopic (exact) mass is 420 g/mol. The lowest BCUT2D eigenvalue weighted by Crippen LogP contribution is -2.50. The van der Waals surface area contributed by atoms with Gasteiger partial charge in [0.2, 0.25) is 11.8 Å². The maximum atomic E-state index is 13.3. The van der Waals surface area contributed by atoms with Crippen LogP contribution in [0.2, 0.25) is 0 Å². The summed E-state index contributed by atoms with van der Waals surface area (Å²) >= 11 is 0. The second-order valence-corrected chi connectivity index (χ2v) is 10.1. The van der Waals surface area contributed by atoms with Crippen molar-refractivity contribution in [2.75, 3.05) is 13.1 Å². The number of aryl methyl sites for hydroxylation is 1. The average molecular weight is 421 g/mol. The Bertz CT molecular complexity index is 960. The van der Waals surface area contributed by atoms with Gasteiger partial charge in [-0.3, -0.25) is 9.59 Å². The number of amides is 2. The van der Waals surface area contributed by atoms with Gasteiger partial charge in [-0.15, -0.1) is 0 Å². The van der Waals surface area contributed by atoms with Gasteiger partial charge in [0.1, 0.15) is 11.5 Å². The number of allylic oxidation sites excluding steroid dienone is 3. The molecule has 164 valence electrons. The van der Waals surface area contributed by atoms with E-state index in [1.807, 2.05) is 0 Å². The van der Waals surface area contributed by atoms with Crippen molar-refractivity contribution in [3.8, 4) is 0 Å². The Labute approximate surface area is 184 Å². The fraction of sp³-hybridized carbons (Fsp3) is 0.615. The minimum Gasteiger partial charge on any atom is -0.464 e. The second-order valence-electron chi connectivity index (χ2n) is 10.1. The van der Waals surface area contributed by atoms with Crippen LogP contribution in [0.3, 0.4) is 0 Å². The maximum absolute atomic E-state index is 13.3. The van der Waals surface area contributed by atoms with E-state index in [0.717, 1.165) is 76.0 Å². The first-order valence-electron chi connectivity index (χ1n) is 12.2. The van der Waals surface area contributed by atoms with Gasteiger partial charge in [-0.2, -0.15) is 0 Å². The highest BCUT2D eigenvalue weighted by Gasteiger charge is 2.65. The third-order valence-corrected chi connectivity index (χ3v) is 8.35. The molecule has 5 heteroatoms. The summed E-state index contributed by atoms with van der Waals surface area (Å²) in [5.74, 6) is 2.99. The average Bonchev–Trinajstić information content (AvgIpc) is 3.35. The molecule has 2 saturated heterocycles. The molecule has 2 amide bonds. The lowest BCUT2D eigenvalue weighted by Gasteiger charge is -2.45. The third kappa shape index (κ3) is 2.95. The molecule has 6 bridgehead atoms. The van der Waals surface area contributed by atoms with Crippen LogP contribution >= 0.6 is 0 Å². The van der Waals surface area contributed by atoms with Crippen LogP contribution in [0.15, 0.2) is 34.8 Å². The maximum Gasteiger partial charge on any atom is 0.223 e. The van der Waals surface area contributed by atoms with Gasteiger partial charge in [0.15, 0.2) is 0 Å². The fourth-order valence-corrected chi connectivity index (χ4v) is 7.05. The molecule has 1 aromatic rings. The highest BCUT2D eigenvalue weighted by atomic mass is 16.3. The molecule has 5 nitrogen and oxygen atoms in total. The molecular formula is C26H32N2O3. The zero-order valence-electron chi connectivity index (χ0n) is 18.2. The van der Waals surface area contributed by atoms with Gasteiger partial charge >= 0.3 is 0 Å². The summed E-state index contributed by atoms with van der Waals surface area (Å²) in [7, 11) is 0. The Morgan fingerprint density at radius 2 is 1.77 bits per heavy atom. The molecule has 6 aliphatic rings. The lowest BCUT2D eigenvalue weighted by atomic mass is 9.68. The Hall–Kier alpha value is -2.30. The van der Waals surface area contributed by atoms with E-state index < -0.39 is 0 Å². The first-order chi connectivity index (χ1) is 15.2. The summed E-state index contributed by atoms with van der Waals surface area (Å²) in [6, 6.07) is 2.38. The van der Waals surface area contributed by atoms with Crippen LogP contribution in [0.1, 0.15) is 86.8 Å². The van der Waals surface area contributed by atoms with Crippen LogP contribution in [-0.4, -0.2) is 40.7 Å². The number of fused-ring (bicyclic) bond motifs is 8. The number of hydrogen-bond acceptors (Lipinski definition) is 3. The topological polar surface area (TPSA) is 53.8 Å². The van der Waals surface area contributed by atoms with E-state index in [0.29, 0.717) is 18.8 Å². The number of hydrogen-bond donors (Lipinski definition) is 0. The van der Waals surface area contributed by atoms with Crippen molar-refractivity contribution in [3.63, 3.8) is 0 Å². The number of nitrogens with zero attached hydrogens (tertiary/aromatic N) is 2. The molecule has 1 aliphatic carbocycles. The molecule has 1 spiro atoms. The first-order valence-corrected chi connectivity index (χ1v) is 12.2. The van der Waals surface area contributed by atoms with Crippen molar-refractivity contribution in [2.24, 2.45) is 5.41 Å². The van der Waals surface area contributed by atoms with Crippen LogP contribution in [0.5, 0.6) is 0 Å². The van der Waals surface area contributed by atoms with Crippen molar-refractivity contribution in [1.29, 1.82) is 0 Å². The van der Waals surface area contributed by atoms with Gasteiger partial charge in [0.05, 0.1) is 12.1 Å². The van der Waals surface area contributed by atoms with E-state index in [9.17, 15) is 9.59 Å². The number of rotatable bonds is 0. The van der Waals surface area contributed by atoms with Crippen LogP contribution in [0.25, 0.3) is 0 Å². The van der Waals surface area contributed by atoms with Crippen molar-refractivity contribution in [1.82, 2.24) is 9.80 Å². The smallest absolute Gasteiger partial charge is 0.223 e. The van der Waals surface area contributed by atoms with E-state index in [4.69, 9.17) is 4.42 Å². The van der Waals surface area contributed by atoms with Crippen molar-refractivity contribution in [2.45, 2.75) is 82.2 Å². The van der Waals surface area contributed by atoms with Crippen LogP contribution in [-0.2, 0) is 16.0 Å². The van der Waals surface area contributed by atoms with Gasteiger partial charge in [-0.25, -0.2) is 0 Å². The minimum atomic E-state index is -0.103. The van der Waals surface area contributed by atoms with E-state index in [-0.39, 0.29) is 29.3 Å². The molecule has 0 unspecified atom stereocenters. The molecule has 0 N–H and O–H groups in total. The molecule has 7 rings (SSSR count). The summed E-state index contributed by atoms with van der Waals surface area (Å²) in [4.78, 5) is 30.7. The molecule has 2 fully saturated rings. The van der Waals surface area contributed by atoms with Crippen LogP contribution in [0.4, 0.5) is 0 Å². The zero-order valence-corrected chi connectivity index (χ0v) is 18.2. The molecule has 31 heavy (non-hydrogen) atoms. The predicted octanol–water partition coefficient (Wildman–Crippen LogP) is 4.65. The van der Waals surface area contributed by atoms with Gasteiger partial charge in [-0.1, -0.05) is 24.3 Å². The van der Waals surface area contributed by atoms with E-state index >= 15 is 0 Å².